The first-order chi connectivity index (χ1) is 13.8. The Hall–Kier alpha value is -2.23. The monoisotopic (exact) mass is 421 g/mol. The molecule has 0 saturated carbocycles. The molecule has 8 nitrogen and oxygen atoms in total. The molecule has 158 valence electrons. The first-order valence-electron chi connectivity index (χ1n) is 9.86. The summed E-state index contributed by atoms with van der Waals surface area (Å²) >= 11 is 0. The number of amides is 1. The lowest BCUT2D eigenvalue weighted by Crippen LogP contribution is -2.28. The average molecular weight is 422 g/mol. The van der Waals surface area contributed by atoms with Crippen molar-refractivity contribution < 1.29 is 17.9 Å². The summed E-state index contributed by atoms with van der Waals surface area (Å²) in [5.74, 6) is -0.415. The van der Waals surface area contributed by atoms with Crippen LogP contribution < -0.4 is 10.9 Å². The fraction of sp³-hybridized carbons (Fsp3) is 0.500. The lowest BCUT2D eigenvalue weighted by atomic mass is 10.1. The average Bonchev–Trinajstić information content (AvgIpc) is 3.22. The van der Waals surface area contributed by atoms with Crippen molar-refractivity contribution in [2.75, 3.05) is 26.2 Å². The van der Waals surface area contributed by atoms with E-state index in [1.165, 1.54) is 28.6 Å². The van der Waals surface area contributed by atoms with Crippen LogP contribution in [-0.4, -0.2) is 56.0 Å². The molecule has 1 amide bonds. The minimum Gasteiger partial charge on any atom is -0.379 e. The number of rotatable bonds is 8. The number of carbonyl (C=O) groups is 1. The Kier molecular flexibility index (Phi) is 6.71. The number of benzene rings is 1. The Labute approximate surface area is 170 Å². The minimum absolute atomic E-state index is 0.123. The van der Waals surface area contributed by atoms with E-state index in [1.54, 1.807) is 0 Å². The molecule has 0 bridgehead atoms. The number of nitrogens with one attached hydrogen (secondary N) is 2. The smallest absolute Gasteiger partial charge is 0.252 e. The molecular weight excluding hydrogens is 394 g/mol. The van der Waals surface area contributed by atoms with Crippen LogP contribution >= 0.6 is 0 Å². The molecule has 2 heterocycles. The van der Waals surface area contributed by atoms with Gasteiger partial charge in [-0.2, -0.15) is 4.31 Å². The first-order valence-corrected chi connectivity index (χ1v) is 11.3. The van der Waals surface area contributed by atoms with E-state index in [0.717, 1.165) is 12.8 Å². The van der Waals surface area contributed by atoms with Gasteiger partial charge in [0.05, 0.1) is 16.6 Å². The maximum absolute atomic E-state index is 12.9. The molecule has 1 aromatic heterocycles. The third kappa shape index (κ3) is 5.04. The summed E-state index contributed by atoms with van der Waals surface area (Å²) in [6.07, 6.45) is 2.45. The van der Waals surface area contributed by atoms with Gasteiger partial charge in [-0.25, -0.2) is 8.42 Å². The summed E-state index contributed by atoms with van der Waals surface area (Å²) in [6, 6.07) is 5.67. The highest BCUT2D eigenvalue weighted by Crippen LogP contribution is 2.25. The van der Waals surface area contributed by atoms with Gasteiger partial charge in [0.25, 0.3) is 5.91 Å². The van der Waals surface area contributed by atoms with E-state index in [2.05, 4.69) is 10.3 Å². The fourth-order valence-corrected chi connectivity index (χ4v) is 4.89. The van der Waals surface area contributed by atoms with Gasteiger partial charge in [-0.1, -0.05) is 0 Å². The van der Waals surface area contributed by atoms with Gasteiger partial charge in [0, 0.05) is 43.2 Å². The Morgan fingerprint density at radius 2 is 1.97 bits per heavy atom. The normalized spacial score (nSPS) is 15.3. The van der Waals surface area contributed by atoms with Crippen LogP contribution in [0.2, 0.25) is 0 Å². The molecule has 9 heteroatoms. The third-order valence-corrected chi connectivity index (χ3v) is 6.71. The molecule has 0 atom stereocenters. The van der Waals surface area contributed by atoms with Crippen LogP contribution in [0.1, 0.15) is 43.5 Å². The van der Waals surface area contributed by atoms with Crippen LogP contribution in [0.15, 0.2) is 34.0 Å². The summed E-state index contributed by atoms with van der Waals surface area (Å²) < 4.78 is 32.6. The van der Waals surface area contributed by atoms with Gasteiger partial charge in [0.2, 0.25) is 15.6 Å². The molecule has 1 aromatic carbocycles. The first kappa shape index (κ1) is 21.5. The maximum atomic E-state index is 12.9. The second-order valence-corrected chi connectivity index (χ2v) is 9.33. The molecule has 1 aliphatic heterocycles. The zero-order valence-electron chi connectivity index (χ0n) is 16.7. The molecular formula is C20H27N3O5S. The SMILES string of the molecule is CC(C)OCCCNC(=O)c1cc(=O)[nH]c2ccc(S(=O)(=O)N3CCCC3)cc12. The standard InChI is InChI=1S/C20H27N3O5S/c1-14(2)28-11-5-8-21-20(25)17-13-19(24)22-18-7-6-15(12-16(17)18)29(26,27)23-9-3-4-10-23/h6-7,12-14H,3-5,8-11H2,1-2H3,(H,21,25)(H,22,24). The van der Waals surface area contributed by atoms with Crippen LogP contribution in [0, 0.1) is 0 Å². The molecule has 0 aliphatic carbocycles. The van der Waals surface area contributed by atoms with E-state index in [0.29, 0.717) is 43.6 Å². The molecule has 1 fully saturated rings. The molecule has 3 rings (SSSR count). The number of hydrogen-bond donors (Lipinski definition) is 2. The van der Waals surface area contributed by atoms with Gasteiger partial charge in [-0.15, -0.1) is 0 Å². The zero-order valence-corrected chi connectivity index (χ0v) is 17.5. The summed E-state index contributed by atoms with van der Waals surface area (Å²) in [6.45, 7) is 5.79. The van der Waals surface area contributed by atoms with Gasteiger partial charge >= 0.3 is 0 Å². The largest absolute Gasteiger partial charge is 0.379 e. The predicted molar refractivity (Wildman–Crippen MR) is 111 cm³/mol. The van der Waals surface area contributed by atoms with Gasteiger partial charge in [-0.05, 0) is 51.3 Å². The molecule has 0 radical (unpaired) electrons. The predicted octanol–water partition coefficient (Wildman–Crippen LogP) is 1.86. The molecule has 1 saturated heterocycles. The number of aromatic nitrogens is 1. The highest BCUT2D eigenvalue weighted by molar-refractivity contribution is 7.89. The quantitative estimate of drug-likeness (QED) is 0.633. The van der Waals surface area contributed by atoms with Crippen molar-refractivity contribution in [3.63, 3.8) is 0 Å². The van der Waals surface area contributed by atoms with E-state index in [1.807, 2.05) is 13.8 Å². The van der Waals surface area contributed by atoms with Crippen LogP contribution in [0.4, 0.5) is 0 Å². The summed E-state index contributed by atoms with van der Waals surface area (Å²) in [5, 5.41) is 3.18. The Balaban J connectivity index is 1.86. The van der Waals surface area contributed by atoms with Gasteiger partial charge < -0.3 is 15.0 Å². The summed E-state index contributed by atoms with van der Waals surface area (Å²) in [5.41, 5.74) is 0.166. The highest BCUT2D eigenvalue weighted by Gasteiger charge is 2.27. The Morgan fingerprint density at radius 1 is 1.24 bits per heavy atom. The van der Waals surface area contributed by atoms with Gasteiger partial charge in [0.1, 0.15) is 0 Å². The zero-order chi connectivity index (χ0) is 21.0. The van der Waals surface area contributed by atoms with Crippen molar-refractivity contribution in [2.45, 2.75) is 44.1 Å². The number of sulfonamides is 1. The molecule has 2 N–H and O–H groups in total. The summed E-state index contributed by atoms with van der Waals surface area (Å²) in [4.78, 5) is 27.4. The van der Waals surface area contributed by atoms with Crippen LogP contribution in [0.25, 0.3) is 10.9 Å². The van der Waals surface area contributed by atoms with Crippen molar-refractivity contribution >= 4 is 26.8 Å². The summed E-state index contributed by atoms with van der Waals surface area (Å²) in [7, 11) is -3.62. The van der Waals surface area contributed by atoms with Crippen molar-refractivity contribution in [1.29, 1.82) is 0 Å². The highest BCUT2D eigenvalue weighted by atomic mass is 32.2. The molecule has 29 heavy (non-hydrogen) atoms. The van der Waals surface area contributed by atoms with Crippen molar-refractivity contribution in [3.05, 3.63) is 40.2 Å². The van der Waals surface area contributed by atoms with E-state index < -0.39 is 21.5 Å². The number of H-pyrrole nitrogens is 1. The number of pyridine rings is 1. The number of ether oxygens (including phenoxy) is 1. The topological polar surface area (TPSA) is 109 Å². The van der Waals surface area contributed by atoms with Crippen molar-refractivity contribution in [2.24, 2.45) is 0 Å². The van der Waals surface area contributed by atoms with Crippen LogP contribution in [0.5, 0.6) is 0 Å². The van der Waals surface area contributed by atoms with Crippen molar-refractivity contribution in [1.82, 2.24) is 14.6 Å². The third-order valence-electron chi connectivity index (χ3n) is 4.82. The number of nitrogens with zero attached hydrogens (tertiary/aromatic N) is 1. The van der Waals surface area contributed by atoms with E-state index in [9.17, 15) is 18.0 Å². The van der Waals surface area contributed by atoms with E-state index in [4.69, 9.17) is 4.74 Å². The Bertz CT molecular complexity index is 1040. The molecule has 0 spiro atoms. The number of aromatic amines is 1. The second kappa shape index (κ2) is 9.06. The van der Waals surface area contributed by atoms with Crippen LogP contribution in [0.3, 0.4) is 0 Å². The number of carbonyl (C=O) groups excluding carboxylic acids is 1. The fourth-order valence-electron chi connectivity index (χ4n) is 3.35. The number of fused-ring (bicyclic) bond motifs is 1. The molecule has 1 aliphatic rings. The Morgan fingerprint density at radius 3 is 2.66 bits per heavy atom. The lowest BCUT2D eigenvalue weighted by molar-refractivity contribution is 0.0757. The van der Waals surface area contributed by atoms with Crippen LogP contribution in [-0.2, 0) is 14.8 Å². The van der Waals surface area contributed by atoms with Gasteiger partial charge in [-0.3, -0.25) is 9.59 Å². The maximum Gasteiger partial charge on any atom is 0.252 e. The number of hydrogen-bond acceptors (Lipinski definition) is 5. The second-order valence-electron chi connectivity index (χ2n) is 7.39. The van der Waals surface area contributed by atoms with Gasteiger partial charge in [0.15, 0.2) is 0 Å². The van der Waals surface area contributed by atoms with E-state index in [-0.39, 0.29) is 16.6 Å². The lowest BCUT2D eigenvalue weighted by Gasteiger charge is -2.16. The molecule has 2 aromatic rings. The minimum atomic E-state index is -3.62. The van der Waals surface area contributed by atoms with Crippen molar-refractivity contribution in [3.8, 4) is 0 Å². The van der Waals surface area contributed by atoms with E-state index >= 15 is 0 Å². The molecule has 0 unspecified atom stereocenters.